The molecule has 1 aromatic carbocycles. The number of ether oxygens (including phenoxy) is 1. The minimum absolute atomic E-state index is 0.0417. The van der Waals surface area contributed by atoms with Gasteiger partial charge in [-0.05, 0) is 24.5 Å². The summed E-state index contributed by atoms with van der Waals surface area (Å²) in [4.78, 5) is 25.9. The molecule has 2 fully saturated rings. The van der Waals surface area contributed by atoms with Crippen LogP contribution in [-0.4, -0.2) is 88.2 Å². The number of rotatable bonds is 8. The first-order valence-electron chi connectivity index (χ1n) is 10.3. The van der Waals surface area contributed by atoms with Gasteiger partial charge in [-0.15, -0.1) is 0 Å². The van der Waals surface area contributed by atoms with E-state index in [1.807, 2.05) is 4.90 Å². The lowest BCUT2D eigenvalue weighted by Crippen LogP contribution is -2.64. The van der Waals surface area contributed by atoms with E-state index in [2.05, 4.69) is 5.32 Å². The summed E-state index contributed by atoms with van der Waals surface area (Å²) in [6, 6.07) is 3.29. The first-order chi connectivity index (χ1) is 14.5. The summed E-state index contributed by atoms with van der Waals surface area (Å²) in [6.07, 6.45) is 0.226. The van der Waals surface area contributed by atoms with Crippen molar-refractivity contribution >= 4 is 18.6 Å². The van der Waals surface area contributed by atoms with Crippen molar-refractivity contribution in [1.82, 2.24) is 10.2 Å². The van der Waals surface area contributed by atoms with E-state index in [0.29, 0.717) is 25.1 Å². The number of amides is 1. The van der Waals surface area contributed by atoms with Gasteiger partial charge in [0.1, 0.15) is 23.0 Å². The second-order valence-corrected chi connectivity index (χ2v) is 8.88. The maximum atomic E-state index is 12.1. The quantitative estimate of drug-likeness (QED) is 0.262. The Bertz CT molecular complexity index is 902. The first kappa shape index (κ1) is 21.8. The molecule has 2 heterocycles. The van der Waals surface area contributed by atoms with Gasteiger partial charge in [-0.25, -0.2) is 4.79 Å². The Kier molecular flexibility index (Phi) is 5.38. The van der Waals surface area contributed by atoms with Crippen LogP contribution in [0.15, 0.2) is 12.1 Å². The number of fused-ring (bicyclic) bond motifs is 3. The number of benzene rings is 1. The first-order valence-corrected chi connectivity index (χ1v) is 10.3. The molecule has 4 rings (SSSR count). The topological polar surface area (TPSA) is 175 Å². The molecule has 2 unspecified atom stereocenters. The summed E-state index contributed by atoms with van der Waals surface area (Å²) in [5.41, 5.74) is 5.36. The van der Waals surface area contributed by atoms with E-state index in [1.165, 1.54) is 0 Å². The molecular weight excluding hydrogens is 409 g/mol. The van der Waals surface area contributed by atoms with Crippen molar-refractivity contribution in [3.63, 3.8) is 0 Å². The van der Waals surface area contributed by atoms with Gasteiger partial charge in [0.05, 0.1) is 12.4 Å². The Morgan fingerprint density at radius 3 is 2.74 bits per heavy atom. The third-order valence-corrected chi connectivity index (χ3v) is 6.14. The van der Waals surface area contributed by atoms with E-state index in [1.54, 1.807) is 19.1 Å². The predicted molar refractivity (Wildman–Crippen MR) is 109 cm³/mol. The number of hydrogen-bond donors (Lipinski definition) is 6. The number of nitrogens with zero attached hydrogens (tertiary/aromatic N) is 1. The summed E-state index contributed by atoms with van der Waals surface area (Å²) in [7, 11) is 0. The third kappa shape index (κ3) is 4.09. The fourth-order valence-corrected chi connectivity index (χ4v) is 4.43. The van der Waals surface area contributed by atoms with Gasteiger partial charge in [-0.3, -0.25) is 9.69 Å². The third-order valence-electron chi connectivity index (χ3n) is 6.14. The second-order valence-electron chi connectivity index (χ2n) is 8.88. The molecule has 0 bridgehead atoms. The maximum absolute atomic E-state index is 12.1. The molecule has 7 N–H and O–H groups in total. The fourth-order valence-electron chi connectivity index (χ4n) is 4.43. The molecule has 12 heteroatoms. The normalized spacial score (nSPS) is 25.8. The number of aromatic carboxylic acids is 1. The van der Waals surface area contributed by atoms with Crippen molar-refractivity contribution < 1.29 is 39.2 Å². The lowest BCUT2D eigenvalue weighted by atomic mass is 9.68. The van der Waals surface area contributed by atoms with Crippen LogP contribution in [0.1, 0.15) is 35.2 Å². The summed E-state index contributed by atoms with van der Waals surface area (Å²) in [5, 5.41) is 41.3. The highest BCUT2D eigenvalue weighted by atomic mass is 16.6. The minimum Gasteiger partial charge on any atom is -0.669 e. The molecule has 0 spiro atoms. The molecule has 0 radical (unpaired) electrons. The molecule has 1 aliphatic carbocycles. The minimum atomic E-state index is -3.10. The van der Waals surface area contributed by atoms with Crippen molar-refractivity contribution in [2.45, 2.75) is 36.7 Å². The summed E-state index contributed by atoms with van der Waals surface area (Å²) >= 11 is 0. The highest BCUT2D eigenvalue weighted by molar-refractivity contribution is 6.62. The average molecular weight is 436 g/mol. The molecule has 170 valence electrons. The van der Waals surface area contributed by atoms with Gasteiger partial charge in [0.15, 0.2) is 0 Å². The number of likely N-dealkylation sites (tertiary alicyclic amines) is 1. The van der Waals surface area contributed by atoms with Crippen LogP contribution in [0.5, 0.6) is 11.5 Å². The molecule has 0 aromatic heterocycles. The van der Waals surface area contributed by atoms with E-state index < -0.39 is 24.1 Å². The Morgan fingerprint density at radius 2 is 2.10 bits per heavy atom. The molecule has 3 atom stereocenters. The van der Waals surface area contributed by atoms with E-state index >= 15 is 0 Å². The van der Waals surface area contributed by atoms with Gasteiger partial charge in [-0.2, -0.15) is 0 Å². The Hall–Kier alpha value is -2.38. The van der Waals surface area contributed by atoms with Crippen molar-refractivity contribution in [3.8, 4) is 11.5 Å². The van der Waals surface area contributed by atoms with Gasteiger partial charge < -0.3 is 40.7 Å². The van der Waals surface area contributed by atoms with Gasteiger partial charge in [0.2, 0.25) is 5.91 Å². The smallest absolute Gasteiger partial charge is 0.434 e. The van der Waals surface area contributed by atoms with Crippen molar-refractivity contribution in [2.75, 3.05) is 32.8 Å². The van der Waals surface area contributed by atoms with Gasteiger partial charge >= 0.3 is 12.7 Å². The Labute approximate surface area is 178 Å². The predicted octanol–water partition coefficient (Wildman–Crippen LogP) is -1.55. The molecule has 1 saturated carbocycles. The Morgan fingerprint density at radius 1 is 1.39 bits per heavy atom. The van der Waals surface area contributed by atoms with Crippen LogP contribution < -0.4 is 20.4 Å². The molecule has 3 aliphatic rings. The second kappa shape index (κ2) is 7.64. The number of nitrogens with two attached hydrogens (primary N) is 1. The number of carbonyl (C=O) groups excluding carboxylic acids is 1. The standard InChI is InChI=1S/C19H27BN3O8/c1-19(21,18(27)22-4-5-24)9-23-7-10(8-23)30-14-3-2-11-12-6-13(12)20(28,29)31-16(11)15(14)17(25)26/h2-3,10,12-13,24,28-29H,4-9,21H2,1H3,(H,22,27)(H,25,26)/q-1/t12?,13-,19?/m1/s1. The van der Waals surface area contributed by atoms with E-state index in [0.717, 1.165) is 0 Å². The van der Waals surface area contributed by atoms with Crippen LogP contribution in [0.4, 0.5) is 0 Å². The van der Waals surface area contributed by atoms with Crippen LogP contribution in [-0.2, 0) is 4.79 Å². The summed E-state index contributed by atoms with van der Waals surface area (Å²) < 4.78 is 11.2. The Balaban J connectivity index is 1.41. The largest absolute Gasteiger partial charge is 0.669 e. The number of carbonyl (C=O) groups is 2. The monoisotopic (exact) mass is 436 g/mol. The van der Waals surface area contributed by atoms with E-state index in [9.17, 15) is 24.7 Å². The number of hydrogen-bond acceptors (Lipinski definition) is 9. The van der Waals surface area contributed by atoms with Crippen molar-refractivity contribution in [2.24, 2.45) is 5.73 Å². The lowest BCUT2D eigenvalue weighted by molar-refractivity contribution is -0.127. The number of carboxylic acids is 1. The van der Waals surface area contributed by atoms with Crippen LogP contribution >= 0.6 is 0 Å². The molecule has 1 amide bonds. The zero-order valence-corrected chi connectivity index (χ0v) is 17.2. The highest BCUT2D eigenvalue weighted by Gasteiger charge is 2.55. The van der Waals surface area contributed by atoms with Crippen molar-refractivity contribution in [3.05, 3.63) is 23.3 Å². The number of aliphatic hydroxyl groups is 1. The summed E-state index contributed by atoms with van der Waals surface area (Å²) in [5.74, 6) is -2.12. The fraction of sp³-hybridized carbons (Fsp3) is 0.579. The zero-order valence-electron chi connectivity index (χ0n) is 17.2. The van der Waals surface area contributed by atoms with Crippen LogP contribution in [0.25, 0.3) is 0 Å². The molecular formula is C19H27BN3O8-. The molecule has 1 saturated heterocycles. The number of nitrogens with one attached hydrogen (secondary N) is 1. The molecule has 31 heavy (non-hydrogen) atoms. The maximum Gasteiger partial charge on any atom is 0.434 e. The summed E-state index contributed by atoms with van der Waals surface area (Å²) in [6.45, 7) is -0.396. The number of aliphatic hydroxyl groups excluding tert-OH is 1. The molecule has 1 aromatic rings. The zero-order chi connectivity index (χ0) is 22.6. The van der Waals surface area contributed by atoms with E-state index in [4.69, 9.17) is 20.2 Å². The van der Waals surface area contributed by atoms with Crippen molar-refractivity contribution in [1.29, 1.82) is 0 Å². The van der Waals surface area contributed by atoms with Gasteiger partial charge in [0.25, 0.3) is 0 Å². The van der Waals surface area contributed by atoms with Gasteiger partial charge in [0, 0.05) is 26.2 Å². The molecule has 11 nitrogen and oxygen atoms in total. The SMILES string of the molecule is CC(N)(CN1CC(Oc2ccc3c(c2C(=O)O)O[B-](O)(O)[C@@H]2CC32)C1)C(=O)NCCO. The highest BCUT2D eigenvalue weighted by Crippen LogP contribution is 2.63. The number of carboxylic acid groups (broad SMARTS) is 1. The lowest BCUT2D eigenvalue weighted by Gasteiger charge is -2.43. The van der Waals surface area contributed by atoms with Gasteiger partial charge in [-0.1, -0.05) is 18.3 Å². The van der Waals surface area contributed by atoms with Crippen LogP contribution in [0.2, 0.25) is 5.82 Å². The average Bonchev–Trinajstić information content (AvgIpc) is 3.45. The van der Waals surface area contributed by atoms with E-state index in [-0.39, 0.29) is 54.7 Å². The molecule has 2 aliphatic heterocycles. The van der Waals surface area contributed by atoms with Crippen LogP contribution in [0.3, 0.4) is 0 Å². The van der Waals surface area contributed by atoms with Crippen LogP contribution in [0, 0.1) is 0 Å².